The van der Waals surface area contributed by atoms with Crippen LogP contribution >= 0.6 is 15.9 Å². The highest BCUT2D eigenvalue weighted by Crippen LogP contribution is 2.34. The molecule has 1 aliphatic carbocycles. The van der Waals surface area contributed by atoms with Gasteiger partial charge in [-0.1, -0.05) is 34.8 Å². The largest absolute Gasteiger partial charge is 0.481 e. The van der Waals surface area contributed by atoms with Gasteiger partial charge in [0.15, 0.2) is 0 Å². The highest BCUT2D eigenvalue weighted by molar-refractivity contribution is 9.10. The third kappa shape index (κ3) is 3.88. The molecule has 22 heavy (non-hydrogen) atoms. The van der Waals surface area contributed by atoms with Crippen LogP contribution < -0.4 is 5.32 Å². The summed E-state index contributed by atoms with van der Waals surface area (Å²) in [7, 11) is 0. The molecule has 1 saturated carbocycles. The van der Waals surface area contributed by atoms with E-state index in [4.69, 9.17) is 0 Å². The smallest absolute Gasteiger partial charge is 0.308 e. The molecular formula is C17H22BrNO3. The Labute approximate surface area is 139 Å². The molecular weight excluding hydrogens is 346 g/mol. The number of hydrogen-bond acceptors (Lipinski definition) is 2. The van der Waals surface area contributed by atoms with Gasteiger partial charge in [0.1, 0.15) is 0 Å². The number of carbonyl (C=O) groups is 2. The summed E-state index contributed by atoms with van der Waals surface area (Å²) in [5, 5.41) is 12.4. The summed E-state index contributed by atoms with van der Waals surface area (Å²) in [5.41, 5.74) is 1.37. The van der Waals surface area contributed by atoms with E-state index in [9.17, 15) is 14.7 Å². The van der Waals surface area contributed by atoms with Gasteiger partial charge in [0.2, 0.25) is 5.91 Å². The first kappa shape index (κ1) is 17.0. The van der Waals surface area contributed by atoms with Crippen LogP contribution in [-0.4, -0.2) is 22.5 Å². The highest BCUT2D eigenvalue weighted by atomic mass is 79.9. The Morgan fingerprint density at radius 2 is 2.14 bits per heavy atom. The third-order valence-electron chi connectivity index (χ3n) is 4.59. The Morgan fingerprint density at radius 3 is 2.77 bits per heavy atom. The molecule has 0 bridgehead atoms. The van der Waals surface area contributed by atoms with Crippen LogP contribution in [-0.2, 0) is 16.0 Å². The van der Waals surface area contributed by atoms with Crippen LogP contribution in [0.5, 0.6) is 0 Å². The number of amides is 1. The van der Waals surface area contributed by atoms with Crippen LogP contribution in [0.2, 0.25) is 0 Å². The van der Waals surface area contributed by atoms with Gasteiger partial charge in [-0.25, -0.2) is 0 Å². The summed E-state index contributed by atoms with van der Waals surface area (Å²) in [5.74, 6) is -1.43. The first-order valence-corrected chi connectivity index (χ1v) is 8.40. The average molecular weight is 368 g/mol. The molecule has 0 spiro atoms. The van der Waals surface area contributed by atoms with Crippen molar-refractivity contribution in [3.8, 4) is 0 Å². The molecule has 0 aromatic heterocycles. The molecule has 0 radical (unpaired) electrons. The Morgan fingerprint density at radius 1 is 1.41 bits per heavy atom. The minimum Gasteiger partial charge on any atom is -0.481 e. The lowest BCUT2D eigenvalue weighted by molar-refractivity contribution is -0.146. The van der Waals surface area contributed by atoms with Gasteiger partial charge >= 0.3 is 5.97 Å². The van der Waals surface area contributed by atoms with Crippen molar-refractivity contribution in [2.45, 2.75) is 51.5 Å². The quantitative estimate of drug-likeness (QED) is 0.856. The molecule has 2 unspecified atom stereocenters. The van der Waals surface area contributed by atoms with Crippen LogP contribution in [0.4, 0.5) is 0 Å². The van der Waals surface area contributed by atoms with Crippen LogP contribution in [0.3, 0.4) is 0 Å². The molecule has 120 valence electrons. The minimum atomic E-state index is -0.817. The molecule has 0 aliphatic heterocycles. The monoisotopic (exact) mass is 367 g/mol. The van der Waals surface area contributed by atoms with Crippen molar-refractivity contribution < 1.29 is 14.7 Å². The predicted octanol–water partition coefficient (Wildman–Crippen LogP) is 3.45. The van der Waals surface area contributed by atoms with Gasteiger partial charge in [0.25, 0.3) is 0 Å². The molecule has 2 atom stereocenters. The number of hydrogen-bond donors (Lipinski definition) is 2. The van der Waals surface area contributed by atoms with E-state index in [1.165, 1.54) is 0 Å². The number of aliphatic carboxylic acids is 1. The predicted molar refractivity (Wildman–Crippen MR) is 88.7 cm³/mol. The van der Waals surface area contributed by atoms with Gasteiger partial charge < -0.3 is 10.4 Å². The molecule has 1 aromatic carbocycles. The SMILES string of the molecule is Cc1cc(Br)ccc1CC(=O)NC1(C)CCCCC1C(=O)O. The van der Waals surface area contributed by atoms with Crippen LogP contribution in [0, 0.1) is 12.8 Å². The first-order chi connectivity index (χ1) is 10.3. The normalized spacial score (nSPS) is 24.8. The maximum atomic E-state index is 12.4. The second kappa shape index (κ2) is 6.82. The Kier molecular flexibility index (Phi) is 5.27. The molecule has 1 aliphatic rings. The second-order valence-electron chi connectivity index (χ2n) is 6.35. The molecule has 1 fully saturated rings. The van der Waals surface area contributed by atoms with E-state index in [1.54, 1.807) is 0 Å². The minimum absolute atomic E-state index is 0.110. The standard InChI is InChI=1S/C17H22BrNO3/c1-11-9-13(18)7-6-12(11)10-15(20)19-17(2)8-4-3-5-14(17)16(21)22/h6-7,9,14H,3-5,8,10H2,1-2H3,(H,19,20)(H,21,22). The van der Waals surface area contributed by atoms with Crippen molar-refractivity contribution >= 4 is 27.8 Å². The van der Waals surface area contributed by atoms with E-state index in [0.717, 1.165) is 34.9 Å². The third-order valence-corrected chi connectivity index (χ3v) is 5.08. The maximum Gasteiger partial charge on any atom is 0.308 e. The Hall–Kier alpha value is -1.36. The molecule has 0 saturated heterocycles. The van der Waals surface area contributed by atoms with Gasteiger partial charge in [-0.15, -0.1) is 0 Å². The highest BCUT2D eigenvalue weighted by Gasteiger charge is 2.42. The Balaban J connectivity index is 2.08. The summed E-state index contributed by atoms with van der Waals surface area (Å²) in [6.07, 6.45) is 3.49. The average Bonchev–Trinajstić information content (AvgIpc) is 2.41. The summed E-state index contributed by atoms with van der Waals surface area (Å²) in [6, 6.07) is 5.82. The number of benzene rings is 1. The number of nitrogens with one attached hydrogen (secondary N) is 1. The number of carboxylic acids is 1. The fourth-order valence-corrected chi connectivity index (χ4v) is 3.75. The van der Waals surface area contributed by atoms with E-state index < -0.39 is 17.4 Å². The number of carbonyl (C=O) groups excluding carboxylic acids is 1. The van der Waals surface area contributed by atoms with E-state index in [-0.39, 0.29) is 12.3 Å². The van der Waals surface area contributed by atoms with Gasteiger partial charge in [0.05, 0.1) is 17.9 Å². The lowest BCUT2D eigenvalue weighted by Crippen LogP contribution is -2.55. The van der Waals surface area contributed by atoms with E-state index >= 15 is 0 Å². The molecule has 1 amide bonds. The summed E-state index contributed by atoms with van der Waals surface area (Å²) in [4.78, 5) is 23.8. The van der Waals surface area contributed by atoms with Gasteiger partial charge in [0, 0.05) is 4.47 Å². The van der Waals surface area contributed by atoms with Crippen LogP contribution in [0.25, 0.3) is 0 Å². The maximum absolute atomic E-state index is 12.4. The van der Waals surface area contributed by atoms with E-state index in [1.807, 2.05) is 32.0 Å². The fraction of sp³-hybridized carbons (Fsp3) is 0.529. The van der Waals surface area contributed by atoms with Crippen molar-refractivity contribution in [2.24, 2.45) is 5.92 Å². The van der Waals surface area contributed by atoms with Crippen molar-refractivity contribution in [2.75, 3.05) is 0 Å². The molecule has 4 nitrogen and oxygen atoms in total. The molecule has 0 heterocycles. The first-order valence-electron chi connectivity index (χ1n) is 7.61. The van der Waals surface area contributed by atoms with Crippen LogP contribution in [0.1, 0.15) is 43.7 Å². The van der Waals surface area contributed by atoms with Crippen molar-refractivity contribution in [3.05, 3.63) is 33.8 Å². The second-order valence-corrected chi connectivity index (χ2v) is 7.27. The number of carboxylic acid groups (broad SMARTS) is 1. The molecule has 5 heteroatoms. The number of halogens is 1. The number of rotatable bonds is 4. The van der Waals surface area contributed by atoms with Gasteiger partial charge in [-0.3, -0.25) is 9.59 Å². The zero-order chi connectivity index (χ0) is 16.3. The summed E-state index contributed by atoms with van der Waals surface area (Å²) in [6.45, 7) is 3.83. The number of aryl methyl sites for hydroxylation is 1. The van der Waals surface area contributed by atoms with Crippen molar-refractivity contribution in [1.82, 2.24) is 5.32 Å². The van der Waals surface area contributed by atoms with E-state index in [2.05, 4.69) is 21.2 Å². The Bertz CT molecular complexity index is 587. The summed E-state index contributed by atoms with van der Waals surface area (Å²) < 4.78 is 0.986. The van der Waals surface area contributed by atoms with E-state index in [0.29, 0.717) is 6.42 Å². The topological polar surface area (TPSA) is 66.4 Å². The van der Waals surface area contributed by atoms with Gasteiger partial charge in [-0.05, 0) is 49.9 Å². The van der Waals surface area contributed by atoms with Crippen LogP contribution in [0.15, 0.2) is 22.7 Å². The molecule has 1 aromatic rings. The van der Waals surface area contributed by atoms with Gasteiger partial charge in [-0.2, -0.15) is 0 Å². The lowest BCUT2D eigenvalue weighted by Gasteiger charge is -2.39. The van der Waals surface area contributed by atoms with Crippen molar-refractivity contribution in [1.29, 1.82) is 0 Å². The zero-order valence-electron chi connectivity index (χ0n) is 13.0. The van der Waals surface area contributed by atoms with Crippen molar-refractivity contribution in [3.63, 3.8) is 0 Å². The molecule has 2 rings (SSSR count). The zero-order valence-corrected chi connectivity index (χ0v) is 14.6. The fourth-order valence-electron chi connectivity index (χ4n) is 3.27. The molecule has 2 N–H and O–H groups in total. The summed E-state index contributed by atoms with van der Waals surface area (Å²) >= 11 is 3.41. The lowest BCUT2D eigenvalue weighted by atomic mass is 9.74.